The summed E-state index contributed by atoms with van der Waals surface area (Å²) >= 11 is 0. The molecule has 2 rings (SSSR count). The van der Waals surface area contributed by atoms with Crippen molar-refractivity contribution in [1.29, 1.82) is 0 Å². The quantitative estimate of drug-likeness (QED) is 0.120. The van der Waals surface area contributed by atoms with Crippen LogP contribution in [0.3, 0.4) is 0 Å². The van der Waals surface area contributed by atoms with E-state index in [1.165, 1.54) is 62.5 Å². The summed E-state index contributed by atoms with van der Waals surface area (Å²) in [5.74, 6) is 0.482. The number of quaternary nitrogens is 1. The molecule has 1 atom stereocenters. The third-order valence-corrected chi connectivity index (χ3v) is 6.49. The number of unbranched alkanes of at least 4 members (excludes halogenated alkanes) is 7. The number of aryl methyl sites for hydroxylation is 1. The van der Waals surface area contributed by atoms with Crippen molar-refractivity contribution >= 4 is 5.97 Å². The molecule has 0 bridgehead atoms. The van der Waals surface area contributed by atoms with Crippen LogP contribution in [-0.4, -0.2) is 37.4 Å². The van der Waals surface area contributed by atoms with Crippen molar-refractivity contribution in [3.05, 3.63) is 65.7 Å². The van der Waals surface area contributed by atoms with E-state index in [-0.39, 0.29) is 18.8 Å². The van der Waals surface area contributed by atoms with Gasteiger partial charge in [-0.15, -0.1) is 0 Å². The molecule has 33 heavy (non-hydrogen) atoms. The first-order valence-corrected chi connectivity index (χ1v) is 12.7. The first-order chi connectivity index (χ1) is 15.9. The fourth-order valence-corrected chi connectivity index (χ4v) is 3.97. The van der Waals surface area contributed by atoms with Gasteiger partial charge in [0.15, 0.2) is 6.04 Å². The highest BCUT2D eigenvalue weighted by atomic mass is 16.7. The van der Waals surface area contributed by atoms with Crippen LogP contribution in [0.25, 0.3) is 0 Å². The average Bonchev–Trinajstić information content (AvgIpc) is 2.81. The van der Waals surface area contributed by atoms with Gasteiger partial charge in [-0.3, -0.25) is 0 Å². The van der Waals surface area contributed by atoms with Crippen molar-refractivity contribution in [3.63, 3.8) is 0 Å². The van der Waals surface area contributed by atoms with Crippen molar-refractivity contribution in [2.75, 3.05) is 20.9 Å². The fourth-order valence-electron chi connectivity index (χ4n) is 3.97. The Morgan fingerprint density at radius 2 is 1.42 bits per heavy atom. The number of likely N-dealkylation sites (N-methyl/N-ethyl adjacent to an activating group) is 1. The predicted molar refractivity (Wildman–Crippen MR) is 136 cm³/mol. The molecule has 0 fully saturated rings. The Morgan fingerprint density at radius 1 is 0.818 bits per heavy atom. The summed E-state index contributed by atoms with van der Waals surface area (Å²) in [6.45, 7) is 4.87. The summed E-state index contributed by atoms with van der Waals surface area (Å²) in [5, 5.41) is 0. The molecule has 0 saturated carbocycles. The average molecular weight is 455 g/mol. The van der Waals surface area contributed by atoms with Crippen molar-refractivity contribution in [3.8, 4) is 5.75 Å². The topological polar surface area (TPSA) is 35.5 Å². The van der Waals surface area contributed by atoms with E-state index in [0.717, 1.165) is 18.7 Å². The van der Waals surface area contributed by atoms with Crippen LogP contribution in [0.4, 0.5) is 0 Å². The van der Waals surface area contributed by atoms with Gasteiger partial charge in [0.05, 0.1) is 14.1 Å². The first-order valence-electron chi connectivity index (χ1n) is 12.7. The Labute approximate surface area is 201 Å². The van der Waals surface area contributed by atoms with Crippen molar-refractivity contribution in [2.24, 2.45) is 0 Å². The van der Waals surface area contributed by atoms with E-state index in [9.17, 15) is 4.79 Å². The minimum atomic E-state index is -0.289. The molecular formula is C29H44NO3+. The molecule has 182 valence electrons. The standard InChI is InChI=1S/C29H44NO3/c1-5-6-7-8-9-10-11-13-16-26-19-21-28(22-20-26)32-24-33-29(31)25(2)30(3,4)23-27-17-14-12-15-18-27/h12,14-15,17-22,25H,5-11,13,16,23-24H2,1-4H3/q+1. The summed E-state index contributed by atoms with van der Waals surface area (Å²) in [7, 11) is 4.09. The SMILES string of the molecule is CCCCCCCCCCc1ccc(OCOC(=O)C(C)[N+](C)(C)Cc2ccccc2)cc1. The molecule has 0 aliphatic rings. The van der Waals surface area contributed by atoms with Crippen LogP contribution >= 0.6 is 0 Å². The van der Waals surface area contributed by atoms with Gasteiger partial charge in [-0.05, 0) is 37.5 Å². The Balaban J connectivity index is 1.64. The van der Waals surface area contributed by atoms with Crippen LogP contribution in [-0.2, 0) is 22.5 Å². The van der Waals surface area contributed by atoms with E-state index in [1.54, 1.807) is 0 Å². The largest absolute Gasteiger partial charge is 0.457 e. The zero-order chi connectivity index (χ0) is 23.9. The van der Waals surface area contributed by atoms with E-state index in [2.05, 4.69) is 31.2 Å². The van der Waals surface area contributed by atoms with Crippen LogP contribution in [0, 0.1) is 0 Å². The van der Waals surface area contributed by atoms with Gasteiger partial charge in [0, 0.05) is 5.56 Å². The summed E-state index contributed by atoms with van der Waals surface area (Å²) in [4.78, 5) is 12.6. The number of nitrogens with zero attached hydrogens (tertiary/aromatic N) is 1. The lowest BCUT2D eigenvalue weighted by atomic mass is 10.0. The smallest absolute Gasteiger partial charge is 0.367 e. The maximum Gasteiger partial charge on any atom is 0.367 e. The number of esters is 1. The Hall–Kier alpha value is -2.33. The summed E-state index contributed by atoms with van der Waals surface area (Å²) in [6.07, 6.45) is 11.8. The van der Waals surface area contributed by atoms with Crippen molar-refractivity contribution in [1.82, 2.24) is 0 Å². The monoisotopic (exact) mass is 454 g/mol. The van der Waals surface area contributed by atoms with Gasteiger partial charge in [-0.2, -0.15) is 0 Å². The zero-order valence-corrected chi connectivity index (χ0v) is 21.2. The van der Waals surface area contributed by atoms with Gasteiger partial charge in [0.25, 0.3) is 0 Å². The van der Waals surface area contributed by atoms with E-state index in [0.29, 0.717) is 4.48 Å². The molecule has 0 spiro atoms. The van der Waals surface area contributed by atoms with Gasteiger partial charge in [0.2, 0.25) is 6.79 Å². The van der Waals surface area contributed by atoms with Crippen LogP contribution in [0.1, 0.15) is 76.3 Å². The number of rotatable bonds is 16. The molecule has 0 aliphatic carbocycles. The number of hydrogen-bond donors (Lipinski definition) is 0. The van der Waals surface area contributed by atoms with Crippen LogP contribution < -0.4 is 4.74 Å². The number of hydrogen-bond acceptors (Lipinski definition) is 3. The molecule has 0 amide bonds. The van der Waals surface area contributed by atoms with Gasteiger partial charge in [-0.1, -0.05) is 94.3 Å². The van der Waals surface area contributed by atoms with E-state index >= 15 is 0 Å². The van der Waals surface area contributed by atoms with Crippen LogP contribution in [0.15, 0.2) is 54.6 Å². The van der Waals surface area contributed by atoms with Gasteiger partial charge >= 0.3 is 5.97 Å². The fraction of sp³-hybridized carbons (Fsp3) is 0.552. The lowest BCUT2D eigenvalue weighted by molar-refractivity contribution is -0.917. The zero-order valence-electron chi connectivity index (χ0n) is 21.2. The van der Waals surface area contributed by atoms with E-state index < -0.39 is 0 Å². The summed E-state index contributed by atoms with van der Waals surface area (Å²) in [6, 6.07) is 18.1. The Bertz CT molecular complexity index is 786. The molecule has 4 nitrogen and oxygen atoms in total. The molecule has 1 unspecified atom stereocenters. The van der Waals surface area contributed by atoms with Gasteiger partial charge in [0.1, 0.15) is 12.3 Å². The summed E-state index contributed by atoms with van der Waals surface area (Å²) in [5.41, 5.74) is 2.53. The number of ether oxygens (including phenoxy) is 2. The third-order valence-electron chi connectivity index (χ3n) is 6.49. The normalized spacial score (nSPS) is 12.4. The maximum atomic E-state index is 12.6. The molecule has 0 aliphatic heterocycles. The highest BCUT2D eigenvalue weighted by molar-refractivity contribution is 5.74. The van der Waals surface area contributed by atoms with Gasteiger partial charge < -0.3 is 14.0 Å². The molecule has 0 aromatic heterocycles. The second kappa shape index (κ2) is 14.7. The summed E-state index contributed by atoms with van der Waals surface area (Å²) < 4.78 is 11.6. The molecule has 0 saturated heterocycles. The third kappa shape index (κ3) is 10.4. The van der Waals surface area contributed by atoms with E-state index in [1.807, 2.05) is 51.4 Å². The lowest BCUT2D eigenvalue weighted by Crippen LogP contribution is -2.51. The van der Waals surface area contributed by atoms with Crippen LogP contribution in [0.5, 0.6) is 5.75 Å². The molecule has 0 N–H and O–H groups in total. The second-order valence-corrected chi connectivity index (χ2v) is 9.69. The lowest BCUT2D eigenvalue weighted by Gasteiger charge is -2.34. The van der Waals surface area contributed by atoms with E-state index in [4.69, 9.17) is 9.47 Å². The maximum absolute atomic E-state index is 12.6. The predicted octanol–water partition coefficient (Wildman–Crippen LogP) is 6.91. The highest BCUT2D eigenvalue weighted by Gasteiger charge is 2.32. The minimum Gasteiger partial charge on any atom is -0.457 e. The highest BCUT2D eigenvalue weighted by Crippen LogP contribution is 2.17. The number of carbonyl (C=O) groups is 1. The molecule has 2 aromatic carbocycles. The Kier molecular flexibility index (Phi) is 12.0. The first kappa shape index (κ1) is 26.9. The number of benzene rings is 2. The van der Waals surface area contributed by atoms with Crippen LogP contribution in [0.2, 0.25) is 0 Å². The second-order valence-electron chi connectivity index (χ2n) is 9.69. The molecule has 4 heteroatoms. The number of carbonyl (C=O) groups excluding carboxylic acids is 1. The molecule has 2 aromatic rings. The van der Waals surface area contributed by atoms with Crippen molar-refractivity contribution in [2.45, 2.75) is 84.2 Å². The Morgan fingerprint density at radius 3 is 2.06 bits per heavy atom. The minimum absolute atomic E-state index is 0.0636. The van der Waals surface area contributed by atoms with Crippen molar-refractivity contribution < 1.29 is 18.8 Å². The van der Waals surface area contributed by atoms with Gasteiger partial charge in [-0.25, -0.2) is 4.79 Å². The molecule has 0 heterocycles. The molecule has 0 radical (unpaired) electrons. The molecular weight excluding hydrogens is 410 g/mol.